The summed E-state index contributed by atoms with van der Waals surface area (Å²) in [5.74, 6) is -1.22. The van der Waals surface area contributed by atoms with Crippen molar-refractivity contribution in [3.05, 3.63) is 23.5 Å². The first-order valence-corrected chi connectivity index (χ1v) is 4.16. The maximum Gasteiger partial charge on any atom is 0.167 e. The SMILES string of the molecule is Cc1ncnc(C(C#N)CCl)c1F. The minimum Gasteiger partial charge on any atom is -0.239 e. The van der Waals surface area contributed by atoms with Crippen LogP contribution in [0.25, 0.3) is 0 Å². The van der Waals surface area contributed by atoms with Crippen LogP contribution in [-0.2, 0) is 0 Å². The Morgan fingerprint density at radius 1 is 1.69 bits per heavy atom. The lowest BCUT2D eigenvalue weighted by Crippen LogP contribution is -2.06. The van der Waals surface area contributed by atoms with E-state index in [0.29, 0.717) is 0 Å². The number of hydrogen-bond acceptors (Lipinski definition) is 3. The molecule has 1 unspecified atom stereocenters. The van der Waals surface area contributed by atoms with Crippen LogP contribution in [0.5, 0.6) is 0 Å². The third-order valence-corrected chi connectivity index (χ3v) is 1.94. The van der Waals surface area contributed by atoms with E-state index in [1.165, 1.54) is 13.3 Å². The van der Waals surface area contributed by atoms with Gasteiger partial charge in [0.2, 0.25) is 0 Å². The molecule has 0 bridgehead atoms. The lowest BCUT2D eigenvalue weighted by Gasteiger charge is -2.05. The van der Waals surface area contributed by atoms with Gasteiger partial charge in [-0.2, -0.15) is 5.26 Å². The Morgan fingerprint density at radius 3 is 2.92 bits per heavy atom. The zero-order valence-corrected chi connectivity index (χ0v) is 7.72. The van der Waals surface area contributed by atoms with Crippen molar-refractivity contribution in [1.29, 1.82) is 5.26 Å². The van der Waals surface area contributed by atoms with Gasteiger partial charge in [0, 0.05) is 5.88 Å². The molecule has 5 heteroatoms. The molecule has 1 heterocycles. The van der Waals surface area contributed by atoms with E-state index >= 15 is 0 Å². The third kappa shape index (κ3) is 1.93. The van der Waals surface area contributed by atoms with E-state index in [-0.39, 0.29) is 17.3 Å². The van der Waals surface area contributed by atoms with Gasteiger partial charge in [-0.25, -0.2) is 14.4 Å². The molecule has 1 atom stereocenters. The van der Waals surface area contributed by atoms with Gasteiger partial charge < -0.3 is 0 Å². The Kier molecular flexibility index (Phi) is 3.15. The topological polar surface area (TPSA) is 49.6 Å². The van der Waals surface area contributed by atoms with Crippen LogP contribution in [0.2, 0.25) is 0 Å². The molecular formula is C8H7ClFN3. The molecule has 0 spiro atoms. The van der Waals surface area contributed by atoms with Gasteiger partial charge in [-0.15, -0.1) is 11.6 Å². The lowest BCUT2D eigenvalue weighted by molar-refractivity contribution is 0.575. The smallest absolute Gasteiger partial charge is 0.167 e. The Labute approximate surface area is 80.2 Å². The quantitative estimate of drug-likeness (QED) is 0.682. The Hall–Kier alpha value is -1.21. The van der Waals surface area contributed by atoms with Gasteiger partial charge in [0.15, 0.2) is 5.82 Å². The van der Waals surface area contributed by atoms with Crippen LogP contribution in [0.4, 0.5) is 4.39 Å². The maximum absolute atomic E-state index is 13.3. The summed E-state index contributed by atoms with van der Waals surface area (Å²) in [6.45, 7) is 1.52. The second-order valence-electron chi connectivity index (χ2n) is 2.49. The van der Waals surface area contributed by atoms with Gasteiger partial charge in [-0.3, -0.25) is 0 Å². The van der Waals surface area contributed by atoms with Crippen LogP contribution in [-0.4, -0.2) is 15.8 Å². The molecule has 0 N–H and O–H groups in total. The third-order valence-electron chi connectivity index (χ3n) is 1.63. The van der Waals surface area contributed by atoms with Gasteiger partial charge >= 0.3 is 0 Å². The molecule has 68 valence electrons. The molecule has 0 saturated heterocycles. The molecule has 1 rings (SSSR count). The van der Waals surface area contributed by atoms with Crippen LogP contribution >= 0.6 is 11.6 Å². The summed E-state index contributed by atoms with van der Waals surface area (Å²) in [6, 6.07) is 1.87. The fraction of sp³-hybridized carbons (Fsp3) is 0.375. The molecule has 0 aliphatic carbocycles. The first kappa shape index (κ1) is 9.87. The van der Waals surface area contributed by atoms with Crippen molar-refractivity contribution in [2.24, 2.45) is 0 Å². The average Bonchev–Trinajstić information content (AvgIpc) is 2.14. The zero-order chi connectivity index (χ0) is 9.84. The molecule has 0 saturated carbocycles. The van der Waals surface area contributed by atoms with Gasteiger partial charge in [-0.05, 0) is 6.92 Å². The fourth-order valence-corrected chi connectivity index (χ4v) is 1.10. The van der Waals surface area contributed by atoms with E-state index in [4.69, 9.17) is 16.9 Å². The highest BCUT2D eigenvalue weighted by molar-refractivity contribution is 6.18. The molecule has 0 aromatic carbocycles. The van der Waals surface area contributed by atoms with Gasteiger partial charge in [0.1, 0.15) is 12.2 Å². The van der Waals surface area contributed by atoms with Crippen LogP contribution in [0.15, 0.2) is 6.33 Å². The van der Waals surface area contributed by atoms with E-state index in [2.05, 4.69) is 9.97 Å². The van der Waals surface area contributed by atoms with E-state index in [9.17, 15) is 4.39 Å². The normalized spacial score (nSPS) is 12.2. The summed E-state index contributed by atoms with van der Waals surface area (Å²) in [6.07, 6.45) is 1.23. The first-order chi connectivity index (χ1) is 6.20. The summed E-state index contributed by atoms with van der Waals surface area (Å²) in [5.41, 5.74) is 0.306. The van der Waals surface area contributed by atoms with Crippen LogP contribution < -0.4 is 0 Å². The van der Waals surface area contributed by atoms with Crippen molar-refractivity contribution in [3.8, 4) is 6.07 Å². The van der Waals surface area contributed by atoms with E-state index in [0.717, 1.165) is 0 Å². The van der Waals surface area contributed by atoms with Gasteiger partial charge in [-0.1, -0.05) is 0 Å². The summed E-state index contributed by atoms with van der Waals surface area (Å²) in [4.78, 5) is 7.34. The Balaban J connectivity index is 3.15. The highest BCUT2D eigenvalue weighted by Gasteiger charge is 2.17. The summed E-state index contributed by atoms with van der Waals surface area (Å²) >= 11 is 5.48. The highest BCUT2D eigenvalue weighted by atomic mass is 35.5. The summed E-state index contributed by atoms with van der Waals surface area (Å²) in [7, 11) is 0. The minimum absolute atomic E-state index is 0.0316. The largest absolute Gasteiger partial charge is 0.239 e. The molecule has 0 aliphatic heterocycles. The number of nitrogens with zero attached hydrogens (tertiary/aromatic N) is 3. The number of aryl methyl sites for hydroxylation is 1. The van der Waals surface area contributed by atoms with Crippen LogP contribution in [0, 0.1) is 24.1 Å². The lowest BCUT2D eigenvalue weighted by atomic mass is 10.1. The molecule has 13 heavy (non-hydrogen) atoms. The number of hydrogen-bond donors (Lipinski definition) is 0. The van der Waals surface area contributed by atoms with Gasteiger partial charge in [0.05, 0.1) is 17.5 Å². The molecule has 0 fully saturated rings. The van der Waals surface area contributed by atoms with Crippen molar-refractivity contribution >= 4 is 11.6 Å². The maximum atomic E-state index is 13.3. The predicted molar refractivity (Wildman–Crippen MR) is 45.8 cm³/mol. The highest BCUT2D eigenvalue weighted by Crippen LogP contribution is 2.18. The van der Waals surface area contributed by atoms with E-state index < -0.39 is 11.7 Å². The first-order valence-electron chi connectivity index (χ1n) is 3.63. The monoisotopic (exact) mass is 199 g/mol. The molecule has 1 aromatic heterocycles. The van der Waals surface area contributed by atoms with Crippen molar-refractivity contribution in [2.75, 3.05) is 5.88 Å². The zero-order valence-electron chi connectivity index (χ0n) is 6.96. The van der Waals surface area contributed by atoms with Crippen molar-refractivity contribution in [1.82, 2.24) is 9.97 Å². The second kappa shape index (κ2) is 4.15. The second-order valence-corrected chi connectivity index (χ2v) is 2.80. The average molecular weight is 200 g/mol. The molecule has 3 nitrogen and oxygen atoms in total. The fourth-order valence-electron chi connectivity index (χ4n) is 0.888. The molecule has 0 radical (unpaired) electrons. The number of nitriles is 1. The number of aromatic nitrogens is 2. The van der Waals surface area contributed by atoms with Crippen molar-refractivity contribution in [2.45, 2.75) is 12.8 Å². The van der Waals surface area contributed by atoms with Crippen LogP contribution in [0.1, 0.15) is 17.3 Å². The Bertz CT molecular complexity index is 348. The van der Waals surface area contributed by atoms with E-state index in [1.807, 2.05) is 6.07 Å². The van der Waals surface area contributed by atoms with Gasteiger partial charge in [0.25, 0.3) is 0 Å². The number of rotatable bonds is 2. The molecule has 1 aromatic rings. The predicted octanol–water partition coefficient (Wildman–Crippen LogP) is 1.77. The van der Waals surface area contributed by atoms with Crippen LogP contribution in [0.3, 0.4) is 0 Å². The molecule has 0 amide bonds. The standard InChI is InChI=1S/C8H7ClFN3/c1-5-7(10)8(13-4-12-5)6(2-9)3-11/h4,6H,2H2,1H3. The van der Waals surface area contributed by atoms with E-state index in [1.54, 1.807) is 0 Å². The summed E-state index contributed by atoms with van der Waals surface area (Å²) < 4.78 is 13.3. The summed E-state index contributed by atoms with van der Waals surface area (Å²) in [5, 5.41) is 8.63. The Morgan fingerprint density at radius 2 is 2.38 bits per heavy atom. The molecule has 0 aliphatic rings. The van der Waals surface area contributed by atoms with Crippen molar-refractivity contribution in [3.63, 3.8) is 0 Å². The number of alkyl halides is 1. The number of halogens is 2. The minimum atomic E-state index is -0.705. The van der Waals surface area contributed by atoms with Crippen molar-refractivity contribution < 1.29 is 4.39 Å². The molecular weight excluding hydrogens is 193 g/mol.